The average Bonchev–Trinajstić information content (AvgIpc) is 3.02. The fraction of sp³-hybridized carbons (Fsp3) is 0.133. The van der Waals surface area contributed by atoms with Crippen LogP contribution in [0.2, 0.25) is 0 Å². The van der Waals surface area contributed by atoms with Gasteiger partial charge in [-0.3, -0.25) is 4.79 Å². The summed E-state index contributed by atoms with van der Waals surface area (Å²) in [6, 6.07) is 6.57. The molecular weight excluding hydrogens is 331 g/mol. The van der Waals surface area contributed by atoms with E-state index in [0.29, 0.717) is 18.8 Å². The van der Waals surface area contributed by atoms with Crippen molar-refractivity contribution in [1.82, 2.24) is 9.97 Å². The fourth-order valence-corrected chi connectivity index (χ4v) is 2.87. The van der Waals surface area contributed by atoms with Crippen LogP contribution in [0, 0.1) is 5.82 Å². The van der Waals surface area contributed by atoms with E-state index in [-0.39, 0.29) is 17.2 Å². The predicted octanol–water partition coefficient (Wildman–Crippen LogP) is 2.04. The number of fused-ring (bicyclic) bond motifs is 1. The summed E-state index contributed by atoms with van der Waals surface area (Å²) in [6.07, 6.45) is 0. The van der Waals surface area contributed by atoms with Gasteiger partial charge >= 0.3 is 0 Å². The van der Waals surface area contributed by atoms with E-state index >= 15 is 0 Å². The third kappa shape index (κ3) is 3.26. The molecule has 0 saturated heterocycles. The summed E-state index contributed by atoms with van der Waals surface area (Å²) in [6.45, 7) is 0.676. The monoisotopic (exact) mass is 346 g/mol. The van der Waals surface area contributed by atoms with Gasteiger partial charge in [0.15, 0.2) is 11.6 Å². The molecule has 2 heterocycles. The summed E-state index contributed by atoms with van der Waals surface area (Å²) in [4.78, 5) is 19.9. The minimum atomic E-state index is -0.770. The quantitative estimate of drug-likeness (QED) is 0.542. The molecule has 3 aromatic rings. The van der Waals surface area contributed by atoms with Gasteiger partial charge in [0.2, 0.25) is 0 Å². The molecule has 0 radical (unpaired) electrons. The van der Waals surface area contributed by atoms with Crippen molar-refractivity contribution in [2.24, 2.45) is 11.5 Å². The number of benzene rings is 1. The molecule has 2 aromatic heterocycles. The maximum absolute atomic E-state index is 14.0. The van der Waals surface area contributed by atoms with E-state index in [9.17, 15) is 9.18 Å². The van der Waals surface area contributed by atoms with Crippen molar-refractivity contribution >= 4 is 44.8 Å². The first-order chi connectivity index (χ1) is 11.6. The van der Waals surface area contributed by atoms with Crippen LogP contribution in [0.5, 0.6) is 0 Å². The zero-order valence-corrected chi connectivity index (χ0v) is 13.4. The van der Waals surface area contributed by atoms with E-state index in [1.807, 2.05) is 12.1 Å². The number of carbonyl (C=O) groups is 1. The summed E-state index contributed by atoms with van der Waals surface area (Å²) in [5, 5.41) is 5.78. The molecule has 0 aliphatic rings. The Bertz CT molecular complexity index is 897. The highest BCUT2D eigenvalue weighted by molar-refractivity contribution is 7.16. The maximum atomic E-state index is 14.0. The Morgan fingerprint density at radius 1 is 1.29 bits per heavy atom. The first kappa shape index (κ1) is 16.1. The average molecular weight is 346 g/mol. The van der Waals surface area contributed by atoms with Gasteiger partial charge in [0, 0.05) is 18.8 Å². The molecule has 9 heteroatoms. The van der Waals surface area contributed by atoms with Crippen LogP contribution < -0.4 is 22.1 Å². The van der Waals surface area contributed by atoms with Gasteiger partial charge in [-0.1, -0.05) is 0 Å². The number of anilines is 3. The number of nitrogens with one attached hydrogen (secondary N) is 2. The van der Waals surface area contributed by atoms with Crippen LogP contribution in [0.15, 0.2) is 29.8 Å². The molecule has 0 unspecified atom stereocenters. The number of hydrogen-bond donors (Lipinski definition) is 4. The molecule has 0 saturated carbocycles. The normalized spacial score (nSPS) is 10.8. The van der Waals surface area contributed by atoms with Gasteiger partial charge in [0.25, 0.3) is 5.91 Å². The second-order valence-corrected chi connectivity index (χ2v) is 5.84. The van der Waals surface area contributed by atoms with Crippen LogP contribution in [-0.4, -0.2) is 29.0 Å². The van der Waals surface area contributed by atoms with Crippen LogP contribution in [0.1, 0.15) is 10.4 Å². The van der Waals surface area contributed by atoms with E-state index in [4.69, 9.17) is 11.5 Å². The van der Waals surface area contributed by atoms with Crippen molar-refractivity contribution in [3.05, 3.63) is 41.2 Å². The molecule has 0 aliphatic heterocycles. The van der Waals surface area contributed by atoms with Gasteiger partial charge in [-0.2, -0.15) is 0 Å². The number of halogens is 1. The molecule has 0 fully saturated rings. The zero-order chi connectivity index (χ0) is 17.1. The van der Waals surface area contributed by atoms with Gasteiger partial charge < -0.3 is 22.1 Å². The van der Waals surface area contributed by atoms with E-state index in [0.717, 1.165) is 16.3 Å². The summed E-state index contributed by atoms with van der Waals surface area (Å²) in [5.41, 5.74) is 14.0. The summed E-state index contributed by atoms with van der Waals surface area (Å²) >= 11 is 1.49. The first-order valence-corrected chi connectivity index (χ1v) is 8.01. The highest BCUT2D eigenvalue weighted by Crippen LogP contribution is 2.27. The second-order valence-electron chi connectivity index (χ2n) is 4.95. The van der Waals surface area contributed by atoms with E-state index in [2.05, 4.69) is 20.6 Å². The molecule has 0 bridgehead atoms. The number of pyridine rings is 1. The molecule has 1 aromatic carbocycles. The van der Waals surface area contributed by atoms with Crippen molar-refractivity contribution in [2.45, 2.75) is 0 Å². The summed E-state index contributed by atoms with van der Waals surface area (Å²) in [5.74, 6) is -1.26. The molecule has 3 rings (SSSR count). The van der Waals surface area contributed by atoms with E-state index < -0.39 is 11.7 Å². The number of primary amides is 1. The topological polar surface area (TPSA) is 119 Å². The molecule has 0 aliphatic carbocycles. The van der Waals surface area contributed by atoms with Crippen LogP contribution in [0.4, 0.5) is 21.7 Å². The Kier molecular flexibility index (Phi) is 4.54. The molecular formula is C15H15FN6OS. The Labute approximate surface area is 140 Å². The molecule has 0 spiro atoms. The molecule has 124 valence electrons. The Hall–Kier alpha value is -2.78. The highest BCUT2D eigenvalue weighted by atomic mass is 32.1. The number of rotatable bonds is 6. The lowest BCUT2D eigenvalue weighted by molar-refractivity contribution is 0.100. The first-order valence-electron chi connectivity index (χ1n) is 7.13. The van der Waals surface area contributed by atoms with E-state index in [1.165, 1.54) is 11.3 Å². The largest absolute Gasteiger partial charge is 0.366 e. The third-order valence-electron chi connectivity index (χ3n) is 3.27. The smallest absolute Gasteiger partial charge is 0.252 e. The molecule has 1 amide bonds. The lowest BCUT2D eigenvalue weighted by atomic mass is 10.2. The molecule has 6 N–H and O–H groups in total. The Morgan fingerprint density at radius 2 is 2.12 bits per heavy atom. The maximum Gasteiger partial charge on any atom is 0.252 e. The van der Waals surface area contributed by atoms with Gasteiger partial charge in [-0.25, -0.2) is 14.4 Å². The van der Waals surface area contributed by atoms with Gasteiger partial charge in [-0.15, -0.1) is 11.3 Å². The number of amides is 1. The van der Waals surface area contributed by atoms with Gasteiger partial charge in [0.1, 0.15) is 5.82 Å². The van der Waals surface area contributed by atoms with Crippen molar-refractivity contribution in [2.75, 3.05) is 23.7 Å². The van der Waals surface area contributed by atoms with Gasteiger partial charge in [-0.05, 0) is 24.3 Å². The minimum absolute atomic E-state index is 0.00631. The lowest BCUT2D eigenvalue weighted by Gasteiger charge is -2.13. The van der Waals surface area contributed by atoms with Crippen LogP contribution in [0.25, 0.3) is 10.2 Å². The number of nitrogens with zero attached hydrogens (tertiary/aromatic N) is 2. The van der Waals surface area contributed by atoms with Crippen LogP contribution >= 0.6 is 11.3 Å². The molecule has 0 atom stereocenters. The summed E-state index contributed by atoms with van der Waals surface area (Å²) < 4.78 is 15.0. The standard InChI is InChI=1S/C15H15FN6OS/c16-10-6-9(13(18)23)14(22-15(10)19-4-3-17)21-8-1-2-11-12(5-8)24-7-20-11/h1-2,5-7H,3-4,17H2,(H2,18,23)(H2,19,21,22). The Morgan fingerprint density at radius 3 is 2.88 bits per heavy atom. The predicted molar refractivity (Wildman–Crippen MR) is 93.2 cm³/mol. The third-order valence-corrected chi connectivity index (χ3v) is 4.06. The van der Waals surface area contributed by atoms with Crippen molar-refractivity contribution in [3.8, 4) is 0 Å². The molecule has 7 nitrogen and oxygen atoms in total. The molecule has 24 heavy (non-hydrogen) atoms. The second kappa shape index (κ2) is 6.77. The minimum Gasteiger partial charge on any atom is -0.366 e. The van der Waals surface area contributed by atoms with Gasteiger partial charge in [0.05, 0.1) is 21.3 Å². The highest BCUT2D eigenvalue weighted by Gasteiger charge is 2.16. The number of thiazole rings is 1. The van der Waals surface area contributed by atoms with Crippen LogP contribution in [0.3, 0.4) is 0 Å². The van der Waals surface area contributed by atoms with Crippen molar-refractivity contribution in [1.29, 1.82) is 0 Å². The van der Waals surface area contributed by atoms with Crippen molar-refractivity contribution in [3.63, 3.8) is 0 Å². The number of aromatic nitrogens is 2. The zero-order valence-electron chi connectivity index (χ0n) is 12.5. The number of nitrogens with two attached hydrogens (primary N) is 2. The SMILES string of the molecule is NCCNc1nc(Nc2ccc3ncsc3c2)c(C(N)=O)cc1F. The van der Waals surface area contributed by atoms with Crippen molar-refractivity contribution < 1.29 is 9.18 Å². The Balaban J connectivity index is 1.98. The number of hydrogen-bond acceptors (Lipinski definition) is 7. The lowest BCUT2D eigenvalue weighted by Crippen LogP contribution is -2.18. The van der Waals surface area contributed by atoms with Crippen LogP contribution in [-0.2, 0) is 0 Å². The van der Waals surface area contributed by atoms with E-state index in [1.54, 1.807) is 11.6 Å². The summed E-state index contributed by atoms with van der Waals surface area (Å²) in [7, 11) is 0. The fourth-order valence-electron chi connectivity index (χ4n) is 2.16. The number of carbonyl (C=O) groups excluding carboxylic acids is 1.